The van der Waals surface area contributed by atoms with E-state index in [9.17, 15) is 24.5 Å². The first-order chi connectivity index (χ1) is 12.5. The SMILES string of the molecule is O=C1c2nccc(-c3ccccc3[N+](=O)[O-])c2C(=O)c2c1[nH]ccc2=O. The lowest BCUT2D eigenvalue weighted by molar-refractivity contribution is -0.384. The number of benzene rings is 1. The molecule has 0 bridgehead atoms. The van der Waals surface area contributed by atoms with E-state index >= 15 is 0 Å². The molecule has 0 aliphatic heterocycles. The van der Waals surface area contributed by atoms with Crippen LogP contribution >= 0.6 is 0 Å². The molecule has 26 heavy (non-hydrogen) atoms. The summed E-state index contributed by atoms with van der Waals surface area (Å²) in [6, 6.07) is 8.45. The van der Waals surface area contributed by atoms with Crippen molar-refractivity contribution < 1.29 is 14.5 Å². The Morgan fingerprint density at radius 3 is 2.46 bits per heavy atom. The molecule has 2 heterocycles. The molecule has 4 rings (SSSR count). The molecule has 0 saturated carbocycles. The summed E-state index contributed by atoms with van der Waals surface area (Å²) >= 11 is 0. The first-order valence-corrected chi connectivity index (χ1v) is 7.54. The summed E-state index contributed by atoms with van der Waals surface area (Å²) in [7, 11) is 0. The number of nitrogens with one attached hydrogen (secondary N) is 1. The summed E-state index contributed by atoms with van der Waals surface area (Å²) in [5.41, 5.74) is -1.09. The lowest BCUT2D eigenvalue weighted by Gasteiger charge is -2.18. The van der Waals surface area contributed by atoms with Gasteiger partial charge in [0.05, 0.1) is 21.6 Å². The van der Waals surface area contributed by atoms with Crippen molar-refractivity contribution in [2.24, 2.45) is 0 Å². The third-order valence-corrected chi connectivity index (χ3v) is 4.20. The average molecular weight is 347 g/mol. The monoisotopic (exact) mass is 347 g/mol. The maximum Gasteiger partial charge on any atom is 0.277 e. The van der Waals surface area contributed by atoms with Gasteiger partial charge in [0, 0.05) is 30.1 Å². The molecule has 1 aliphatic rings. The Bertz CT molecular complexity index is 1180. The summed E-state index contributed by atoms with van der Waals surface area (Å²) in [6.07, 6.45) is 2.59. The van der Waals surface area contributed by atoms with E-state index in [1.165, 1.54) is 36.7 Å². The minimum atomic E-state index is -0.683. The van der Waals surface area contributed by atoms with Crippen LogP contribution in [0.3, 0.4) is 0 Å². The van der Waals surface area contributed by atoms with E-state index < -0.39 is 21.9 Å². The molecule has 0 unspecified atom stereocenters. The van der Waals surface area contributed by atoms with Gasteiger partial charge in [0.15, 0.2) is 5.43 Å². The second kappa shape index (κ2) is 5.55. The number of aromatic amines is 1. The van der Waals surface area contributed by atoms with Gasteiger partial charge < -0.3 is 4.98 Å². The normalized spacial score (nSPS) is 12.5. The minimum Gasteiger partial charge on any atom is -0.358 e. The number of hydrogen-bond donors (Lipinski definition) is 1. The molecule has 1 aliphatic carbocycles. The second-order valence-electron chi connectivity index (χ2n) is 5.61. The first kappa shape index (κ1) is 15.6. The third kappa shape index (κ3) is 2.09. The molecule has 0 atom stereocenters. The van der Waals surface area contributed by atoms with Crippen LogP contribution in [0.25, 0.3) is 11.1 Å². The van der Waals surface area contributed by atoms with Crippen LogP contribution in [0.4, 0.5) is 5.69 Å². The van der Waals surface area contributed by atoms with Crippen molar-refractivity contribution in [2.45, 2.75) is 0 Å². The van der Waals surface area contributed by atoms with Crippen LogP contribution in [0.2, 0.25) is 0 Å². The van der Waals surface area contributed by atoms with Gasteiger partial charge in [-0.2, -0.15) is 0 Å². The van der Waals surface area contributed by atoms with Crippen LogP contribution in [0.1, 0.15) is 32.1 Å². The van der Waals surface area contributed by atoms with Crippen molar-refractivity contribution in [3.8, 4) is 11.1 Å². The van der Waals surface area contributed by atoms with Crippen molar-refractivity contribution in [3.05, 3.63) is 91.6 Å². The number of aromatic nitrogens is 2. The number of carbonyl (C=O) groups excluding carboxylic acids is 2. The standard InChI is InChI=1S/C18H9N3O5/c22-12-6-8-20-16-14(12)17(23)13-10(5-7-19-15(13)18(16)24)9-3-1-2-4-11(9)21(25)26/h1-8H,(H,20,22). The molecule has 0 saturated heterocycles. The van der Waals surface area contributed by atoms with Gasteiger partial charge in [-0.1, -0.05) is 12.1 Å². The molecule has 126 valence electrons. The zero-order valence-corrected chi connectivity index (χ0v) is 13.1. The molecule has 0 spiro atoms. The minimum absolute atomic E-state index is 0.101. The smallest absolute Gasteiger partial charge is 0.277 e. The fraction of sp³-hybridized carbons (Fsp3) is 0. The Morgan fingerprint density at radius 2 is 1.69 bits per heavy atom. The summed E-state index contributed by atoms with van der Waals surface area (Å²) in [4.78, 5) is 55.2. The van der Waals surface area contributed by atoms with E-state index in [0.717, 1.165) is 6.07 Å². The molecule has 8 nitrogen and oxygen atoms in total. The zero-order valence-electron chi connectivity index (χ0n) is 13.1. The number of para-hydroxylation sites is 1. The molecule has 2 aromatic heterocycles. The number of nitro benzene ring substituents is 1. The Balaban J connectivity index is 2.06. The van der Waals surface area contributed by atoms with Gasteiger partial charge in [0.2, 0.25) is 11.6 Å². The molecular weight excluding hydrogens is 338 g/mol. The highest BCUT2D eigenvalue weighted by molar-refractivity contribution is 6.28. The van der Waals surface area contributed by atoms with Gasteiger partial charge >= 0.3 is 0 Å². The van der Waals surface area contributed by atoms with Crippen molar-refractivity contribution in [1.82, 2.24) is 9.97 Å². The van der Waals surface area contributed by atoms with Crippen LogP contribution in [-0.4, -0.2) is 26.5 Å². The largest absolute Gasteiger partial charge is 0.358 e. The molecule has 1 aromatic carbocycles. The van der Waals surface area contributed by atoms with Crippen LogP contribution in [0.15, 0.2) is 53.6 Å². The Hall–Kier alpha value is -3.94. The molecule has 8 heteroatoms. The van der Waals surface area contributed by atoms with E-state index in [1.807, 2.05) is 0 Å². The first-order valence-electron chi connectivity index (χ1n) is 7.54. The molecule has 1 N–H and O–H groups in total. The van der Waals surface area contributed by atoms with E-state index in [0.29, 0.717) is 0 Å². The lowest BCUT2D eigenvalue weighted by atomic mass is 9.85. The van der Waals surface area contributed by atoms with Crippen LogP contribution < -0.4 is 5.43 Å². The highest BCUT2D eigenvalue weighted by atomic mass is 16.6. The number of H-pyrrole nitrogens is 1. The van der Waals surface area contributed by atoms with Gasteiger partial charge in [-0.05, 0) is 12.1 Å². The van der Waals surface area contributed by atoms with Crippen LogP contribution in [-0.2, 0) is 0 Å². The highest BCUT2D eigenvalue weighted by Gasteiger charge is 2.36. The summed E-state index contributed by atoms with van der Waals surface area (Å²) in [6.45, 7) is 0. The van der Waals surface area contributed by atoms with Gasteiger partial charge in [0.1, 0.15) is 11.4 Å². The quantitative estimate of drug-likeness (QED) is 0.437. The number of ketones is 2. The fourth-order valence-corrected chi connectivity index (χ4v) is 3.08. The topological polar surface area (TPSA) is 123 Å². The highest BCUT2D eigenvalue weighted by Crippen LogP contribution is 2.36. The molecular formula is C18H9N3O5. The fourth-order valence-electron chi connectivity index (χ4n) is 3.08. The number of hydrogen-bond acceptors (Lipinski definition) is 6. The molecule has 3 aromatic rings. The number of rotatable bonds is 2. The Morgan fingerprint density at radius 1 is 0.923 bits per heavy atom. The number of nitrogens with zero attached hydrogens (tertiary/aromatic N) is 2. The summed E-state index contributed by atoms with van der Waals surface area (Å²) < 4.78 is 0. The van der Waals surface area contributed by atoms with E-state index in [2.05, 4.69) is 9.97 Å². The maximum absolute atomic E-state index is 13.0. The molecule has 0 amide bonds. The van der Waals surface area contributed by atoms with Crippen molar-refractivity contribution in [2.75, 3.05) is 0 Å². The van der Waals surface area contributed by atoms with Crippen LogP contribution in [0, 0.1) is 10.1 Å². The van der Waals surface area contributed by atoms with Crippen molar-refractivity contribution in [3.63, 3.8) is 0 Å². The zero-order chi connectivity index (χ0) is 18.4. The predicted octanol–water partition coefficient (Wildman–Crippen LogP) is 2.12. The van der Waals surface area contributed by atoms with Crippen molar-refractivity contribution >= 4 is 17.3 Å². The summed E-state index contributed by atoms with van der Waals surface area (Å²) in [5.74, 6) is -1.29. The second-order valence-corrected chi connectivity index (χ2v) is 5.61. The Labute approximate surface area is 145 Å². The third-order valence-electron chi connectivity index (χ3n) is 4.20. The van der Waals surface area contributed by atoms with Gasteiger partial charge in [-0.25, -0.2) is 0 Å². The predicted molar refractivity (Wildman–Crippen MR) is 90.3 cm³/mol. The lowest BCUT2D eigenvalue weighted by Crippen LogP contribution is -2.30. The van der Waals surface area contributed by atoms with Gasteiger partial charge in [0.25, 0.3) is 5.69 Å². The van der Waals surface area contributed by atoms with E-state index in [-0.39, 0.29) is 39.3 Å². The molecule has 0 fully saturated rings. The number of carbonyl (C=O) groups is 2. The van der Waals surface area contributed by atoms with Gasteiger partial charge in [-0.15, -0.1) is 0 Å². The van der Waals surface area contributed by atoms with E-state index in [4.69, 9.17) is 0 Å². The maximum atomic E-state index is 13.0. The van der Waals surface area contributed by atoms with E-state index in [1.54, 1.807) is 6.07 Å². The summed E-state index contributed by atoms with van der Waals surface area (Å²) in [5, 5.41) is 11.3. The molecule has 0 radical (unpaired) electrons. The number of fused-ring (bicyclic) bond motifs is 2. The van der Waals surface area contributed by atoms with Gasteiger partial charge in [-0.3, -0.25) is 29.5 Å². The number of pyridine rings is 2. The number of nitro groups is 1. The average Bonchev–Trinajstić information content (AvgIpc) is 2.65. The van der Waals surface area contributed by atoms with Crippen LogP contribution in [0.5, 0.6) is 0 Å². The Kier molecular flexibility index (Phi) is 3.33. The van der Waals surface area contributed by atoms with Crippen molar-refractivity contribution in [1.29, 1.82) is 0 Å².